The standard InChI is InChI=1S/C26H46O4/c1-24-12-9-17(27)15-21(24)22(28)16-18-19-7-8-23(25(19,2)13-10-20(18)24)26(3,29)11-5-6-14-30-4/h17-23,27-29H,5-16H2,1-4H3/t17-,18-,19-,20-,21+,22-,23-,24+,25-,26-/m0/s1. The molecule has 0 aromatic rings. The molecular weight excluding hydrogens is 376 g/mol. The van der Waals surface area contributed by atoms with Crippen LogP contribution >= 0.6 is 0 Å². The third-order valence-corrected chi connectivity index (χ3v) is 10.7. The van der Waals surface area contributed by atoms with Crippen LogP contribution in [0.2, 0.25) is 0 Å². The molecule has 0 aromatic carbocycles. The fourth-order valence-corrected chi connectivity index (χ4v) is 9.20. The minimum absolute atomic E-state index is 0.170. The molecule has 0 unspecified atom stereocenters. The summed E-state index contributed by atoms with van der Waals surface area (Å²) in [7, 11) is 1.75. The SMILES string of the molecule is COCCCC[C@](C)(O)[C@H]1CC[C@H]2[C@@H]3C[C@H](O)[C@H]4C[C@@H](O)CC[C@]4(C)[C@H]3CC[C@@]21C. The van der Waals surface area contributed by atoms with Gasteiger partial charge in [0.25, 0.3) is 0 Å². The Bertz CT molecular complexity index is 606. The first-order chi connectivity index (χ1) is 14.1. The van der Waals surface area contributed by atoms with Crippen molar-refractivity contribution in [2.45, 2.75) is 109 Å². The topological polar surface area (TPSA) is 69.9 Å². The lowest BCUT2D eigenvalue weighted by Crippen LogP contribution is -2.59. The maximum Gasteiger partial charge on any atom is 0.0653 e. The summed E-state index contributed by atoms with van der Waals surface area (Å²) in [6, 6.07) is 0. The zero-order valence-electron chi connectivity index (χ0n) is 19.8. The van der Waals surface area contributed by atoms with Crippen molar-refractivity contribution in [1.29, 1.82) is 0 Å². The van der Waals surface area contributed by atoms with Gasteiger partial charge in [-0.1, -0.05) is 13.8 Å². The lowest BCUT2D eigenvalue weighted by Gasteiger charge is -2.62. The summed E-state index contributed by atoms with van der Waals surface area (Å²) in [5.74, 6) is 2.47. The van der Waals surface area contributed by atoms with Gasteiger partial charge >= 0.3 is 0 Å². The quantitative estimate of drug-likeness (QED) is 0.550. The summed E-state index contributed by atoms with van der Waals surface area (Å²) < 4.78 is 5.20. The normalized spacial score (nSPS) is 50.3. The number of unbranched alkanes of at least 4 members (excludes halogenated alkanes) is 1. The maximum atomic E-state index is 11.5. The number of rotatable bonds is 6. The molecule has 0 bridgehead atoms. The highest BCUT2D eigenvalue weighted by Gasteiger charge is 2.63. The van der Waals surface area contributed by atoms with Gasteiger partial charge in [-0.05, 0) is 118 Å². The van der Waals surface area contributed by atoms with Crippen molar-refractivity contribution in [3.63, 3.8) is 0 Å². The van der Waals surface area contributed by atoms with Crippen LogP contribution in [0.5, 0.6) is 0 Å². The van der Waals surface area contributed by atoms with Crippen molar-refractivity contribution in [2.24, 2.45) is 40.4 Å². The minimum Gasteiger partial charge on any atom is -0.393 e. The fourth-order valence-electron chi connectivity index (χ4n) is 9.20. The second-order valence-corrected chi connectivity index (χ2v) is 12.2. The molecular formula is C26H46O4. The van der Waals surface area contributed by atoms with E-state index in [1.54, 1.807) is 7.11 Å². The van der Waals surface area contributed by atoms with Crippen LogP contribution in [-0.2, 0) is 4.74 Å². The average molecular weight is 423 g/mol. The molecule has 4 aliphatic carbocycles. The molecule has 4 heteroatoms. The number of hydrogen-bond acceptors (Lipinski definition) is 4. The molecule has 4 nitrogen and oxygen atoms in total. The second-order valence-electron chi connectivity index (χ2n) is 12.2. The smallest absolute Gasteiger partial charge is 0.0653 e. The molecule has 0 aromatic heterocycles. The Labute approximate surface area is 183 Å². The van der Waals surface area contributed by atoms with E-state index < -0.39 is 5.60 Å². The van der Waals surface area contributed by atoms with Crippen LogP contribution in [0, 0.1) is 40.4 Å². The average Bonchev–Trinajstić information content (AvgIpc) is 3.05. The molecule has 4 rings (SSSR count). The molecule has 174 valence electrons. The fraction of sp³-hybridized carbons (Fsp3) is 1.00. The van der Waals surface area contributed by atoms with Crippen LogP contribution in [0.25, 0.3) is 0 Å². The van der Waals surface area contributed by atoms with Gasteiger partial charge in [-0.3, -0.25) is 0 Å². The number of methoxy groups -OCH3 is 1. The summed E-state index contributed by atoms with van der Waals surface area (Å²) in [6.07, 6.45) is 10.8. The van der Waals surface area contributed by atoms with Crippen LogP contribution in [0.3, 0.4) is 0 Å². The van der Waals surface area contributed by atoms with Crippen molar-refractivity contribution in [3.8, 4) is 0 Å². The molecule has 4 saturated carbocycles. The third-order valence-electron chi connectivity index (χ3n) is 10.7. The zero-order chi connectivity index (χ0) is 21.7. The van der Waals surface area contributed by atoms with E-state index in [0.29, 0.717) is 23.7 Å². The molecule has 0 saturated heterocycles. The highest BCUT2D eigenvalue weighted by molar-refractivity contribution is 5.13. The maximum absolute atomic E-state index is 11.5. The van der Waals surface area contributed by atoms with Crippen molar-refractivity contribution in [2.75, 3.05) is 13.7 Å². The summed E-state index contributed by atoms with van der Waals surface area (Å²) in [5.41, 5.74) is -0.259. The van der Waals surface area contributed by atoms with E-state index >= 15 is 0 Å². The Balaban J connectivity index is 1.52. The summed E-state index contributed by atoms with van der Waals surface area (Å²) in [4.78, 5) is 0. The van der Waals surface area contributed by atoms with E-state index in [1.807, 2.05) is 0 Å². The van der Waals surface area contributed by atoms with Gasteiger partial charge in [-0.25, -0.2) is 0 Å². The van der Waals surface area contributed by atoms with Crippen molar-refractivity contribution < 1.29 is 20.1 Å². The number of aliphatic hydroxyl groups excluding tert-OH is 2. The Morgan fingerprint density at radius 3 is 2.33 bits per heavy atom. The van der Waals surface area contributed by atoms with Gasteiger partial charge in [0.1, 0.15) is 0 Å². The van der Waals surface area contributed by atoms with Gasteiger partial charge in [0.05, 0.1) is 17.8 Å². The molecule has 0 amide bonds. The van der Waals surface area contributed by atoms with E-state index in [0.717, 1.165) is 58.0 Å². The molecule has 30 heavy (non-hydrogen) atoms. The van der Waals surface area contributed by atoms with Crippen LogP contribution in [0.15, 0.2) is 0 Å². The van der Waals surface area contributed by atoms with E-state index in [-0.39, 0.29) is 29.0 Å². The van der Waals surface area contributed by atoms with E-state index in [4.69, 9.17) is 4.74 Å². The zero-order valence-corrected chi connectivity index (χ0v) is 19.8. The van der Waals surface area contributed by atoms with E-state index in [2.05, 4.69) is 20.8 Å². The third kappa shape index (κ3) is 3.68. The van der Waals surface area contributed by atoms with Crippen LogP contribution in [0.1, 0.15) is 91.4 Å². The van der Waals surface area contributed by atoms with Gasteiger partial charge in [0.15, 0.2) is 0 Å². The summed E-state index contributed by atoms with van der Waals surface area (Å²) in [5, 5.41) is 32.9. The first kappa shape index (κ1) is 23.0. The van der Waals surface area contributed by atoms with E-state index in [9.17, 15) is 15.3 Å². The summed E-state index contributed by atoms with van der Waals surface area (Å²) in [6.45, 7) is 7.74. The number of hydrogen-bond donors (Lipinski definition) is 3. The van der Waals surface area contributed by atoms with Gasteiger partial charge in [0.2, 0.25) is 0 Å². The molecule has 0 spiro atoms. The lowest BCUT2D eigenvalue weighted by atomic mass is 9.43. The lowest BCUT2D eigenvalue weighted by molar-refractivity contribution is -0.179. The van der Waals surface area contributed by atoms with Gasteiger partial charge < -0.3 is 20.1 Å². The molecule has 0 radical (unpaired) electrons. The monoisotopic (exact) mass is 422 g/mol. The number of ether oxygens (including phenoxy) is 1. The van der Waals surface area contributed by atoms with Crippen molar-refractivity contribution >= 4 is 0 Å². The Kier molecular flexibility index (Phi) is 6.38. The Hall–Kier alpha value is -0.160. The minimum atomic E-state index is -0.612. The van der Waals surface area contributed by atoms with Gasteiger partial charge in [-0.15, -0.1) is 0 Å². The highest BCUT2D eigenvalue weighted by Crippen LogP contribution is 2.68. The van der Waals surface area contributed by atoms with Crippen molar-refractivity contribution in [1.82, 2.24) is 0 Å². The van der Waals surface area contributed by atoms with Crippen LogP contribution in [-0.4, -0.2) is 46.8 Å². The molecule has 0 heterocycles. The molecule has 4 aliphatic rings. The van der Waals surface area contributed by atoms with Crippen molar-refractivity contribution in [3.05, 3.63) is 0 Å². The summed E-state index contributed by atoms with van der Waals surface area (Å²) >= 11 is 0. The Morgan fingerprint density at radius 2 is 1.60 bits per heavy atom. The predicted octanol–water partition coefficient (Wildman–Crippen LogP) is 4.54. The van der Waals surface area contributed by atoms with Gasteiger partial charge in [-0.2, -0.15) is 0 Å². The molecule has 0 aliphatic heterocycles. The van der Waals surface area contributed by atoms with Crippen LogP contribution in [0.4, 0.5) is 0 Å². The number of fused-ring (bicyclic) bond motifs is 5. The molecule has 3 N–H and O–H groups in total. The molecule has 4 fully saturated rings. The first-order valence-corrected chi connectivity index (χ1v) is 12.7. The second kappa shape index (κ2) is 8.32. The Morgan fingerprint density at radius 1 is 0.900 bits per heavy atom. The first-order valence-electron chi connectivity index (χ1n) is 12.7. The predicted molar refractivity (Wildman–Crippen MR) is 119 cm³/mol. The van der Waals surface area contributed by atoms with Crippen LogP contribution < -0.4 is 0 Å². The number of aliphatic hydroxyl groups is 3. The highest BCUT2D eigenvalue weighted by atomic mass is 16.5. The molecule has 10 atom stereocenters. The van der Waals surface area contributed by atoms with E-state index in [1.165, 1.54) is 19.3 Å². The van der Waals surface area contributed by atoms with Gasteiger partial charge in [0, 0.05) is 13.7 Å². The largest absolute Gasteiger partial charge is 0.393 e.